The van der Waals surface area contributed by atoms with Crippen molar-refractivity contribution < 1.29 is 22.7 Å². The smallest absolute Gasteiger partial charge is 0.418 e. The molecule has 0 saturated heterocycles. The summed E-state index contributed by atoms with van der Waals surface area (Å²) in [4.78, 5) is 0. The fourth-order valence-corrected chi connectivity index (χ4v) is 0. The molecule has 3 nitrogen and oxygen atoms in total. The lowest BCUT2D eigenvalue weighted by atomic mass is 10.3. The molecule has 0 heterocycles. The highest BCUT2D eigenvalue weighted by Gasteiger charge is 2.20. The molecule has 8 heavy (non-hydrogen) atoms. The van der Waals surface area contributed by atoms with Crippen LogP contribution in [-0.4, -0.2) is 12.7 Å². The van der Waals surface area contributed by atoms with E-state index in [1.807, 2.05) is 0 Å². The number of hydrogen-bond donors (Lipinski definition) is 2. The molecule has 0 aliphatic carbocycles. The van der Waals surface area contributed by atoms with Gasteiger partial charge in [0.05, 0.1) is 0 Å². The average molecular weight is 139 g/mol. The zero-order valence-electron chi connectivity index (χ0n) is 4.00. The first kappa shape index (κ1) is 25.3. The molecule has 0 amide bonds. The predicted octanol–water partition coefficient (Wildman–Crippen LogP) is 0.799. The summed E-state index contributed by atoms with van der Waals surface area (Å²) in [5, 5.41) is 0. The normalized spacial score (nSPS) is 7.50. The van der Waals surface area contributed by atoms with E-state index in [-0.39, 0.29) is 17.8 Å². The van der Waals surface area contributed by atoms with Crippen LogP contribution in [0.5, 0.6) is 0 Å². The zero-order valence-corrected chi connectivity index (χ0v) is 4.00. The Kier molecular flexibility index (Phi) is 21.1. The highest BCUT2D eigenvalue weighted by atomic mass is 19.5. The minimum absolute atomic E-state index is 0. The third kappa shape index (κ3) is 1100. The van der Waals surface area contributed by atoms with Crippen molar-refractivity contribution in [3.05, 3.63) is 0 Å². The molecule has 0 fully saturated rings. The lowest BCUT2D eigenvalue weighted by molar-refractivity contribution is 0.368. The van der Waals surface area contributed by atoms with Crippen LogP contribution in [0.4, 0.5) is 17.3 Å². The van der Waals surface area contributed by atoms with Gasteiger partial charge in [0.25, 0.3) is 0 Å². The topological polar surface area (TPSA) is 102 Å². The third-order valence-corrected chi connectivity index (χ3v) is 0. The van der Waals surface area contributed by atoms with Crippen molar-refractivity contribution in [2.24, 2.45) is 0 Å². The quantitative estimate of drug-likeness (QED) is 0.382. The molecular weight excluding hydrogens is 131 g/mol. The van der Waals surface area contributed by atoms with E-state index in [0.29, 0.717) is 0 Å². The first-order chi connectivity index (χ1) is 2.00. The van der Waals surface area contributed by atoms with Gasteiger partial charge in [0, 0.05) is 0 Å². The summed E-state index contributed by atoms with van der Waals surface area (Å²) >= 11 is 0. The summed E-state index contributed by atoms with van der Waals surface area (Å²) in [7, 11) is -6.00. The molecule has 0 rings (SSSR count). The fraction of sp³-hybridized carbons (Fsp3) is 0. The van der Waals surface area contributed by atoms with Gasteiger partial charge in [-0.15, -0.1) is 0 Å². The van der Waals surface area contributed by atoms with E-state index in [1.165, 1.54) is 0 Å². The van der Waals surface area contributed by atoms with Crippen molar-refractivity contribution >= 4 is 7.25 Å². The van der Waals surface area contributed by atoms with E-state index in [0.717, 1.165) is 0 Å². The molecule has 0 saturated carbocycles. The van der Waals surface area contributed by atoms with Crippen molar-refractivity contribution in [2.45, 2.75) is 0 Å². The summed E-state index contributed by atoms with van der Waals surface area (Å²) < 4.78 is 39.0. The van der Waals surface area contributed by atoms with Crippen LogP contribution >= 0.6 is 0 Å². The Morgan fingerprint density at radius 1 is 0.750 bits per heavy atom. The minimum Gasteiger partial charge on any atom is -0.418 e. The molecule has 56 valence electrons. The maximum absolute atomic E-state index is 9.75. The molecule has 0 atom stereocenters. The maximum Gasteiger partial charge on any atom is 0.673 e. The fourth-order valence-electron chi connectivity index (χ4n) is 0. The van der Waals surface area contributed by atoms with E-state index in [1.54, 1.807) is 0 Å². The lowest BCUT2D eigenvalue weighted by Crippen LogP contribution is -2.02. The molecule has 0 unspecified atom stereocenters. The predicted molar refractivity (Wildman–Crippen MR) is 23.8 cm³/mol. The van der Waals surface area contributed by atoms with Gasteiger partial charge in [-0.05, 0) is 0 Å². The second kappa shape index (κ2) is 6.66. The van der Waals surface area contributed by atoms with Crippen LogP contribution in [0.3, 0.4) is 0 Å². The lowest BCUT2D eigenvalue weighted by Gasteiger charge is -1.94. The van der Waals surface area contributed by atoms with Crippen molar-refractivity contribution in [2.75, 3.05) is 0 Å². The molecule has 0 radical (unpaired) electrons. The first-order valence-corrected chi connectivity index (χ1v) is 0.873. The second-order valence-corrected chi connectivity index (χ2v) is 0.495. The summed E-state index contributed by atoms with van der Waals surface area (Å²) in [5.41, 5.74) is 0. The molecule has 8 N–H and O–H groups in total. The van der Waals surface area contributed by atoms with E-state index in [4.69, 9.17) is 0 Å². The van der Waals surface area contributed by atoms with Crippen LogP contribution in [0, 0.1) is 0 Å². The second-order valence-electron chi connectivity index (χ2n) is 0.495. The van der Waals surface area contributed by atoms with Gasteiger partial charge in [-0.25, -0.2) is 0 Å². The summed E-state index contributed by atoms with van der Waals surface area (Å²) in [6.07, 6.45) is 0. The Morgan fingerprint density at radius 2 is 0.750 bits per heavy atom. The van der Waals surface area contributed by atoms with Gasteiger partial charge in [0.1, 0.15) is 0 Å². The standard InChI is InChI=1S/BF4.2H3N.H2O/c2-1(3,4)5;;;/h;2*1H3;1H2/q-1;;;. The summed E-state index contributed by atoms with van der Waals surface area (Å²) in [6, 6.07) is 0. The Labute approximate surface area is 43.6 Å². The van der Waals surface area contributed by atoms with Crippen LogP contribution < -0.4 is 12.3 Å². The minimum atomic E-state index is -6.00. The highest BCUT2D eigenvalue weighted by Crippen LogP contribution is 2.06. The molecule has 0 aromatic heterocycles. The monoisotopic (exact) mass is 139 g/mol. The van der Waals surface area contributed by atoms with Crippen molar-refractivity contribution in [1.29, 1.82) is 0 Å². The van der Waals surface area contributed by atoms with Crippen molar-refractivity contribution in [3.63, 3.8) is 0 Å². The van der Waals surface area contributed by atoms with Gasteiger partial charge in [-0.2, -0.15) is 0 Å². The molecular formula is H8BF4N2O-. The van der Waals surface area contributed by atoms with Crippen LogP contribution in [0.1, 0.15) is 0 Å². The van der Waals surface area contributed by atoms with E-state index < -0.39 is 7.25 Å². The van der Waals surface area contributed by atoms with Gasteiger partial charge >= 0.3 is 7.25 Å². The molecule has 0 aromatic carbocycles. The molecule has 0 aliphatic rings. The molecule has 0 bridgehead atoms. The van der Waals surface area contributed by atoms with Crippen LogP contribution in [-0.2, 0) is 0 Å². The zero-order chi connectivity index (χ0) is 4.50. The van der Waals surface area contributed by atoms with Gasteiger partial charge in [-0.1, -0.05) is 0 Å². The Bertz CT molecular complexity index is 29.5. The highest BCUT2D eigenvalue weighted by molar-refractivity contribution is 6.50. The Hall–Kier alpha value is -0.335. The Morgan fingerprint density at radius 3 is 0.750 bits per heavy atom. The van der Waals surface area contributed by atoms with E-state index in [2.05, 4.69) is 0 Å². The molecule has 8 heteroatoms. The molecule has 0 aromatic rings. The van der Waals surface area contributed by atoms with Gasteiger partial charge < -0.3 is 35.0 Å². The van der Waals surface area contributed by atoms with Gasteiger partial charge in [0.2, 0.25) is 0 Å². The molecule has 0 aliphatic heterocycles. The van der Waals surface area contributed by atoms with E-state index >= 15 is 0 Å². The average Bonchev–Trinajstić information content (AvgIpc) is 0.722. The van der Waals surface area contributed by atoms with Gasteiger partial charge in [-0.3, -0.25) is 0 Å². The number of rotatable bonds is 0. The third-order valence-electron chi connectivity index (χ3n) is 0. The summed E-state index contributed by atoms with van der Waals surface area (Å²) in [6.45, 7) is 0. The van der Waals surface area contributed by atoms with Crippen LogP contribution in [0.2, 0.25) is 0 Å². The van der Waals surface area contributed by atoms with Gasteiger partial charge in [0.15, 0.2) is 0 Å². The number of halogens is 4. The maximum atomic E-state index is 9.75. The molecule has 0 spiro atoms. The van der Waals surface area contributed by atoms with E-state index in [9.17, 15) is 17.3 Å². The van der Waals surface area contributed by atoms with Crippen molar-refractivity contribution in [1.82, 2.24) is 12.3 Å². The van der Waals surface area contributed by atoms with Crippen molar-refractivity contribution in [3.8, 4) is 0 Å². The Balaban J connectivity index is -0.0000000267. The number of hydrogen-bond acceptors (Lipinski definition) is 2. The largest absolute Gasteiger partial charge is 0.673 e. The summed E-state index contributed by atoms with van der Waals surface area (Å²) in [5.74, 6) is 0. The van der Waals surface area contributed by atoms with Crippen LogP contribution in [0.15, 0.2) is 0 Å². The van der Waals surface area contributed by atoms with Crippen LogP contribution in [0.25, 0.3) is 0 Å². The SMILES string of the molecule is F[B-](F)(F)F.N.N.O. The first-order valence-electron chi connectivity index (χ1n) is 0.873.